The van der Waals surface area contributed by atoms with Crippen molar-refractivity contribution in [3.05, 3.63) is 29.3 Å². The lowest BCUT2D eigenvalue weighted by atomic mass is 10.0. The minimum atomic E-state index is 0.586. The van der Waals surface area contributed by atoms with Crippen LogP contribution in [0, 0.1) is 13.8 Å². The van der Waals surface area contributed by atoms with Crippen LogP contribution in [0.15, 0.2) is 18.2 Å². The highest BCUT2D eigenvalue weighted by Crippen LogP contribution is 2.27. The van der Waals surface area contributed by atoms with Crippen molar-refractivity contribution < 1.29 is 0 Å². The maximum Gasteiger partial charge on any atom is 0.0426 e. The predicted molar refractivity (Wildman–Crippen MR) is 78.2 cm³/mol. The number of hydrogen-bond acceptors (Lipinski definition) is 3. The molecule has 1 aliphatic heterocycles. The summed E-state index contributed by atoms with van der Waals surface area (Å²) in [5.74, 6) is 0. The Morgan fingerprint density at radius 1 is 1.22 bits per heavy atom. The van der Waals surface area contributed by atoms with Crippen LogP contribution in [0.4, 0.5) is 5.69 Å². The molecule has 3 heteroatoms. The van der Waals surface area contributed by atoms with Crippen molar-refractivity contribution in [3.8, 4) is 0 Å². The summed E-state index contributed by atoms with van der Waals surface area (Å²) in [6, 6.07) is 7.14. The molecule has 0 bridgehead atoms. The Morgan fingerprint density at radius 2 is 1.89 bits per heavy atom. The van der Waals surface area contributed by atoms with Crippen molar-refractivity contribution in [2.75, 3.05) is 38.1 Å². The zero-order valence-electron chi connectivity index (χ0n) is 11.8. The van der Waals surface area contributed by atoms with Crippen molar-refractivity contribution in [2.45, 2.75) is 26.3 Å². The Morgan fingerprint density at radius 3 is 2.50 bits per heavy atom. The van der Waals surface area contributed by atoms with Gasteiger partial charge in [-0.05, 0) is 45.0 Å². The Hall–Kier alpha value is -1.06. The number of anilines is 1. The molecule has 1 saturated heterocycles. The average molecular weight is 247 g/mol. The quantitative estimate of drug-likeness (QED) is 0.883. The summed E-state index contributed by atoms with van der Waals surface area (Å²) in [7, 11) is 2.21. The monoisotopic (exact) mass is 247 g/mol. The van der Waals surface area contributed by atoms with E-state index in [9.17, 15) is 0 Å². The number of piperazine rings is 1. The minimum absolute atomic E-state index is 0.586. The SMILES string of the molecule is Cc1cccc(C)c1N1CCN(C)C(CCN)C1. The zero-order chi connectivity index (χ0) is 13.1. The van der Waals surface area contributed by atoms with Crippen molar-refractivity contribution in [3.63, 3.8) is 0 Å². The van der Waals surface area contributed by atoms with Gasteiger partial charge in [-0.1, -0.05) is 18.2 Å². The van der Waals surface area contributed by atoms with Gasteiger partial charge in [-0.2, -0.15) is 0 Å². The maximum absolute atomic E-state index is 5.72. The van der Waals surface area contributed by atoms with Gasteiger partial charge >= 0.3 is 0 Å². The molecule has 1 fully saturated rings. The number of likely N-dealkylation sites (N-methyl/N-ethyl adjacent to an activating group) is 1. The van der Waals surface area contributed by atoms with Crippen LogP contribution in [0.5, 0.6) is 0 Å². The summed E-state index contributed by atoms with van der Waals surface area (Å²) in [4.78, 5) is 4.97. The van der Waals surface area contributed by atoms with Crippen molar-refractivity contribution in [1.82, 2.24) is 4.90 Å². The van der Waals surface area contributed by atoms with Crippen LogP contribution in [0.2, 0.25) is 0 Å². The molecule has 18 heavy (non-hydrogen) atoms. The molecule has 0 amide bonds. The normalized spacial score (nSPS) is 21.3. The summed E-state index contributed by atoms with van der Waals surface area (Å²) in [5.41, 5.74) is 9.91. The van der Waals surface area contributed by atoms with Crippen molar-refractivity contribution in [2.24, 2.45) is 5.73 Å². The molecule has 2 rings (SSSR count). The minimum Gasteiger partial charge on any atom is -0.368 e. The first-order valence-corrected chi connectivity index (χ1v) is 6.85. The number of nitrogens with two attached hydrogens (primary N) is 1. The van der Waals surface area contributed by atoms with E-state index in [1.54, 1.807) is 0 Å². The van der Waals surface area contributed by atoms with Crippen molar-refractivity contribution >= 4 is 5.69 Å². The first-order valence-electron chi connectivity index (χ1n) is 6.85. The van der Waals surface area contributed by atoms with Crippen molar-refractivity contribution in [1.29, 1.82) is 0 Å². The van der Waals surface area contributed by atoms with Gasteiger partial charge in [0, 0.05) is 31.4 Å². The van der Waals surface area contributed by atoms with Gasteiger partial charge in [-0.25, -0.2) is 0 Å². The molecule has 1 aliphatic rings. The van der Waals surface area contributed by atoms with Gasteiger partial charge in [-0.15, -0.1) is 0 Å². The van der Waals surface area contributed by atoms with Gasteiger partial charge in [0.1, 0.15) is 0 Å². The molecule has 0 spiro atoms. The molecule has 2 N–H and O–H groups in total. The first-order chi connectivity index (χ1) is 8.63. The summed E-state index contributed by atoms with van der Waals surface area (Å²) >= 11 is 0. The summed E-state index contributed by atoms with van der Waals surface area (Å²) in [5, 5.41) is 0. The lowest BCUT2D eigenvalue weighted by molar-refractivity contribution is 0.210. The van der Waals surface area contributed by atoms with E-state index in [1.165, 1.54) is 16.8 Å². The van der Waals surface area contributed by atoms with E-state index in [2.05, 4.69) is 48.9 Å². The van der Waals surface area contributed by atoms with Gasteiger partial charge in [0.15, 0.2) is 0 Å². The third kappa shape index (κ3) is 2.68. The second-order valence-corrected chi connectivity index (χ2v) is 5.40. The fraction of sp³-hybridized carbons (Fsp3) is 0.600. The molecule has 0 saturated carbocycles. The van der Waals surface area contributed by atoms with Crippen LogP contribution in [-0.4, -0.2) is 44.2 Å². The molecule has 1 aromatic carbocycles. The summed E-state index contributed by atoms with van der Waals surface area (Å²) < 4.78 is 0. The predicted octanol–water partition coefficient (Wildman–Crippen LogP) is 1.77. The summed E-state index contributed by atoms with van der Waals surface area (Å²) in [6.45, 7) is 8.52. The fourth-order valence-electron chi connectivity index (χ4n) is 2.96. The largest absolute Gasteiger partial charge is 0.368 e. The van der Waals surface area contributed by atoms with Crippen LogP contribution in [-0.2, 0) is 0 Å². The van der Waals surface area contributed by atoms with E-state index in [0.717, 1.165) is 32.6 Å². The second-order valence-electron chi connectivity index (χ2n) is 5.40. The van der Waals surface area contributed by atoms with E-state index in [0.29, 0.717) is 6.04 Å². The second kappa shape index (κ2) is 5.72. The highest BCUT2D eigenvalue weighted by atomic mass is 15.3. The molecule has 0 aromatic heterocycles. The standard InChI is InChI=1S/C15H25N3/c1-12-5-4-6-13(2)15(12)18-10-9-17(3)14(11-18)7-8-16/h4-6,14H,7-11,16H2,1-3H3. The van der Waals surface area contributed by atoms with Crippen LogP contribution < -0.4 is 10.6 Å². The van der Waals surface area contributed by atoms with Gasteiger partial charge in [0.05, 0.1) is 0 Å². The molecule has 3 nitrogen and oxygen atoms in total. The summed E-state index contributed by atoms with van der Waals surface area (Å²) in [6.07, 6.45) is 1.08. The van der Waals surface area contributed by atoms with E-state index in [4.69, 9.17) is 5.73 Å². The van der Waals surface area contributed by atoms with E-state index in [1.807, 2.05) is 0 Å². The molecular formula is C15H25N3. The molecule has 0 radical (unpaired) electrons. The van der Waals surface area contributed by atoms with E-state index < -0.39 is 0 Å². The average Bonchev–Trinajstić information content (AvgIpc) is 2.33. The Balaban J connectivity index is 2.19. The number of rotatable bonds is 3. The Labute approximate surface area is 111 Å². The van der Waals surface area contributed by atoms with Crippen LogP contribution in [0.1, 0.15) is 17.5 Å². The third-order valence-corrected chi connectivity index (χ3v) is 4.03. The Bertz CT molecular complexity index is 382. The number of aryl methyl sites for hydroxylation is 2. The maximum atomic E-state index is 5.72. The molecule has 1 aromatic rings. The molecule has 1 atom stereocenters. The molecule has 1 unspecified atom stereocenters. The van der Waals surface area contributed by atoms with Gasteiger partial charge in [0.2, 0.25) is 0 Å². The number of hydrogen-bond donors (Lipinski definition) is 1. The van der Waals surface area contributed by atoms with Gasteiger partial charge in [-0.3, -0.25) is 4.90 Å². The highest BCUT2D eigenvalue weighted by Gasteiger charge is 2.25. The van der Waals surface area contributed by atoms with Crippen LogP contribution in [0.25, 0.3) is 0 Å². The lowest BCUT2D eigenvalue weighted by Crippen LogP contribution is -2.52. The smallest absolute Gasteiger partial charge is 0.0426 e. The zero-order valence-corrected chi connectivity index (χ0v) is 11.8. The third-order valence-electron chi connectivity index (χ3n) is 4.03. The number of para-hydroxylation sites is 1. The molecular weight excluding hydrogens is 222 g/mol. The first kappa shape index (κ1) is 13.4. The van der Waals surface area contributed by atoms with Gasteiger partial charge in [0.25, 0.3) is 0 Å². The molecule has 0 aliphatic carbocycles. The van der Waals surface area contributed by atoms with Crippen LogP contribution >= 0.6 is 0 Å². The van der Waals surface area contributed by atoms with E-state index in [-0.39, 0.29) is 0 Å². The highest BCUT2D eigenvalue weighted by molar-refractivity contribution is 5.59. The Kier molecular flexibility index (Phi) is 4.25. The van der Waals surface area contributed by atoms with Crippen LogP contribution in [0.3, 0.4) is 0 Å². The topological polar surface area (TPSA) is 32.5 Å². The molecule has 1 heterocycles. The van der Waals surface area contributed by atoms with Gasteiger partial charge < -0.3 is 10.6 Å². The van der Waals surface area contributed by atoms with E-state index >= 15 is 0 Å². The number of nitrogens with zero attached hydrogens (tertiary/aromatic N) is 2. The number of benzene rings is 1. The molecule has 100 valence electrons. The lowest BCUT2D eigenvalue weighted by Gasteiger charge is -2.41. The fourth-order valence-corrected chi connectivity index (χ4v) is 2.96.